The van der Waals surface area contributed by atoms with Crippen molar-refractivity contribution < 1.29 is 14.1 Å². The van der Waals surface area contributed by atoms with Gasteiger partial charge in [0.2, 0.25) is 5.91 Å². The number of benzene rings is 1. The molecule has 122 valence electrons. The third-order valence-corrected chi connectivity index (χ3v) is 4.35. The van der Waals surface area contributed by atoms with Gasteiger partial charge >= 0.3 is 0 Å². The van der Waals surface area contributed by atoms with E-state index in [1.165, 1.54) is 6.92 Å². The SMILES string of the molecule is CC[N+](CC)(CC)CCNC(=O)c1ccc(NC(C)=O)cc1. The molecule has 0 heterocycles. The molecule has 1 aromatic rings. The Morgan fingerprint density at radius 2 is 1.55 bits per heavy atom. The van der Waals surface area contributed by atoms with Crippen molar-refractivity contribution in [2.75, 3.05) is 38.0 Å². The van der Waals surface area contributed by atoms with Gasteiger partial charge in [-0.2, -0.15) is 0 Å². The van der Waals surface area contributed by atoms with Crippen LogP contribution in [0.25, 0.3) is 0 Å². The van der Waals surface area contributed by atoms with Crippen molar-refractivity contribution in [1.82, 2.24) is 5.32 Å². The molecule has 0 aromatic heterocycles. The normalized spacial score (nSPS) is 11.1. The Morgan fingerprint density at radius 1 is 1.00 bits per heavy atom. The summed E-state index contributed by atoms with van der Waals surface area (Å²) >= 11 is 0. The molecule has 2 amide bonds. The quantitative estimate of drug-likeness (QED) is 0.724. The van der Waals surface area contributed by atoms with Crippen LogP contribution in [-0.2, 0) is 4.79 Å². The lowest BCUT2D eigenvalue weighted by Gasteiger charge is -2.35. The van der Waals surface area contributed by atoms with Crippen molar-refractivity contribution in [3.05, 3.63) is 29.8 Å². The van der Waals surface area contributed by atoms with Crippen LogP contribution in [0, 0.1) is 0 Å². The minimum Gasteiger partial charge on any atom is -0.346 e. The van der Waals surface area contributed by atoms with Gasteiger partial charge in [-0.3, -0.25) is 9.59 Å². The highest BCUT2D eigenvalue weighted by Crippen LogP contribution is 2.09. The first-order valence-electron chi connectivity index (χ1n) is 7.97. The Bertz CT molecular complexity index is 485. The van der Waals surface area contributed by atoms with Crippen LogP contribution >= 0.6 is 0 Å². The summed E-state index contributed by atoms with van der Waals surface area (Å²) in [5.41, 5.74) is 1.30. The fourth-order valence-electron chi connectivity index (χ4n) is 2.56. The van der Waals surface area contributed by atoms with Crippen LogP contribution in [0.3, 0.4) is 0 Å². The predicted octanol–water partition coefficient (Wildman–Crippen LogP) is 2.25. The van der Waals surface area contributed by atoms with Crippen LogP contribution < -0.4 is 10.6 Å². The molecule has 0 aliphatic heterocycles. The second-order valence-corrected chi connectivity index (χ2v) is 5.53. The predicted molar refractivity (Wildman–Crippen MR) is 89.8 cm³/mol. The van der Waals surface area contributed by atoms with E-state index in [0.29, 0.717) is 17.8 Å². The molecule has 0 radical (unpaired) electrons. The Hall–Kier alpha value is -1.88. The topological polar surface area (TPSA) is 58.2 Å². The smallest absolute Gasteiger partial charge is 0.251 e. The lowest BCUT2D eigenvalue weighted by atomic mass is 10.2. The molecule has 0 atom stereocenters. The molecule has 0 saturated carbocycles. The van der Waals surface area contributed by atoms with Gasteiger partial charge in [0.05, 0.1) is 32.7 Å². The summed E-state index contributed by atoms with van der Waals surface area (Å²) in [6, 6.07) is 6.92. The van der Waals surface area contributed by atoms with Crippen molar-refractivity contribution in [3.63, 3.8) is 0 Å². The number of quaternary nitrogens is 1. The lowest BCUT2D eigenvalue weighted by Crippen LogP contribution is -2.51. The zero-order valence-electron chi connectivity index (χ0n) is 14.1. The lowest BCUT2D eigenvalue weighted by molar-refractivity contribution is -0.922. The molecule has 1 aromatic carbocycles. The number of anilines is 1. The summed E-state index contributed by atoms with van der Waals surface area (Å²) in [6.07, 6.45) is 0. The van der Waals surface area contributed by atoms with E-state index in [4.69, 9.17) is 0 Å². The van der Waals surface area contributed by atoms with Gasteiger partial charge in [0, 0.05) is 18.2 Å². The Balaban J connectivity index is 2.53. The average Bonchev–Trinajstić information content (AvgIpc) is 2.52. The molecule has 0 fully saturated rings. The van der Waals surface area contributed by atoms with E-state index in [-0.39, 0.29) is 11.8 Å². The van der Waals surface area contributed by atoms with Crippen LogP contribution in [0.1, 0.15) is 38.1 Å². The summed E-state index contributed by atoms with van der Waals surface area (Å²) < 4.78 is 1.02. The number of carbonyl (C=O) groups is 2. The molecule has 1 rings (SSSR count). The number of rotatable bonds is 8. The molecule has 0 bridgehead atoms. The standard InChI is InChI=1S/C17H27N3O2/c1-5-20(6-2,7-3)13-12-18-17(22)15-8-10-16(11-9-15)19-14(4)21/h8-11H,5-7,12-13H2,1-4H3,(H-,18,19,21,22)/p+1. The number of nitrogens with zero attached hydrogens (tertiary/aromatic N) is 1. The van der Waals surface area contributed by atoms with Crippen LogP contribution in [0.15, 0.2) is 24.3 Å². The van der Waals surface area contributed by atoms with E-state index >= 15 is 0 Å². The molecule has 0 saturated heterocycles. The van der Waals surface area contributed by atoms with E-state index in [1.807, 2.05) is 0 Å². The number of carbonyl (C=O) groups excluding carboxylic acids is 2. The van der Waals surface area contributed by atoms with Crippen molar-refractivity contribution in [2.24, 2.45) is 0 Å². The summed E-state index contributed by atoms with van der Waals surface area (Å²) in [6.45, 7) is 12.9. The highest BCUT2D eigenvalue weighted by atomic mass is 16.2. The maximum Gasteiger partial charge on any atom is 0.251 e. The number of nitrogens with one attached hydrogen (secondary N) is 2. The molecule has 0 aliphatic rings. The van der Waals surface area contributed by atoms with Gasteiger partial charge in [-0.15, -0.1) is 0 Å². The van der Waals surface area contributed by atoms with Crippen molar-refractivity contribution >= 4 is 17.5 Å². The average molecular weight is 306 g/mol. The van der Waals surface area contributed by atoms with E-state index in [9.17, 15) is 9.59 Å². The van der Waals surface area contributed by atoms with Gasteiger partial charge in [0.15, 0.2) is 0 Å². The van der Waals surface area contributed by atoms with Gasteiger partial charge < -0.3 is 15.1 Å². The van der Waals surface area contributed by atoms with Gasteiger partial charge in [-0.1, -0.05) is 0 Å². The van der Waals surface area contributed by atoms with Gasteiger partial charge in [-0.25, -0.2) is 0 Å². The number of hydrogen-bond acceptors (Lipinski definition) is 2. The molecule has 5 nitrogen and oxygen atoms in total. The fraction of sp³-hybridized carbons (Fsp3) is 0.529. The summed E-state index contributed by atoms with van der Waals surface area (Å²) in [4.78, 5) is 23.1. The van der Waals surface area contributed by atoms with E-state index < -0.39 is 0 Å². The van der Waals surface area contributed by atoms with Crippen LogP contribution in [0.4, 0.5) is 5.69 Å². The first kappa shape index (κ1) is 18.2. The minimum atomic E-state index is -0.120. The van der Waals surface area contributed by atoms with Crippen LogP contribution in [0.5, 0.6) is 0 Å². The second-order valence-electron chi connectivity index (χ2n) is 5.53. The van der Waals surface area contributed by atoms with E-state index in [2.05, 4.69) is 31.4 Å². The van der Waals surface area contributed by atoms with Crippen molar-refractivity contribution in [3.8, 4) is 0 Å². The third-order valence-electron chi connectivity index (χ3n) is 4.35. The Labute approximate surface area is 133 Å². The van der Waals surface area contributed by atoms with Crippen LogP contribution in [0.2, 0.25) is 0 Å². The first-order chi connectivity index (χ1) is 10.5. The first-order valence-corrected chi connectivity index (χ1v) is 7.97. The molecule has 5 heteroatoms. The van der Waals surface area contributed by atoms with Gasteiger partial charge in [-0.05, 0) is 45.0 Å². The van der Waals surface area contributed by atoms with E-state index in [0.717, 1.165) is 30.7 Å². The number of hydrogen-bond donors (Lipinski definition) is 2. The maximum absolute atomic E-state index is 12.1. The molecule has 2 N–H and O–H groups in total. The highest BCUT2D eigenvalue weighted by Gasteiger charge is 2.20. The molecule has 0 spiro atoms. The Kier molecular flexibility index (Phi) is 7.05. The summed E-state index contributed by atoms with van der Waals surface area (Å²) in [5.74, 6) is -0.194. The minimum absolute atomic E-state index is 0.0733. The monoisotopic (exact) mass is 306 g/mol. The largest absolute Gasteiger partial charge is 0.346 e. The molecular formula is C17H28N3O2+. The highest BCUT2D eigenvalue weighted by molar-refractivity contribution is 5.95. The number of likely N-dealkylation sites (N-methyl/N-ethyl adjacent to an activating group) is 1. The number of amides is 2. The third kappa shape index (κ3) is 5.15. The van der Waals surface area contributed by atoms with Crippen molar-refractivity contribution in [2.45, 2.75) is 27.7 Å². The molecule has 0 aliphatic carbocycles. The second kappa shape index (κ2) is 8.54. The molecule has 22 heavy (non-hydrogen) atoms. The zero-order valence-corrected chi connectivity index (χ0v) is 14.1. The fourth-order valence-corrected chi connectivity index (χ4v) is 2.56. The Morgan fingerprint density at radius 3 is 2.00 bits per heavy atom. The van der Waals surface area contributed by atoms with Crippen LogP contribution in [-0.4, -0.2) is 49.0 Å². The summed E-state index contributed by atoms with van der Waals surface area (Å²) in [5, 5.41) is 5.66. The zero-order chi connectivity index (χ0) is 16.6. The molecular weight excluding hydrogens is 278 g/mol. The summed E-state index contributed by atoms with van der Waals surface area (Å²) in [7, 11) is 0. The van der Waals surface area contributed by atoms with Gasteiger partial charge in [0.25, 0.3) is 5.91 Å². The van der Waals surface area contributed by atoms with Gasteiger partial charge in [0.1, 0.15) is 0 Å². The van der Waals surface area contributed by atoms with Crippen molar-refractivity contribution in [1.29, 1.82) is 0 Å². The van der Waals surface area contributed by atoms with E-state index in [1.54, 1.807) is 24.3 Å². The molecule has 0 unspecified atom stereocenters. The maximum atomic E-state index is 12.1.